The molecule has 1 aromatic carbocycles. The lowest BCUT2D eigenvalue weighted by molar-refractivity contribution is 0.0191. The predicted molar refractivity (Wildman–Crippen MR) is 136 cm³/mol. The lowest BCUT2D eigenvalue weighted by atomic mass is 9.52. The number of hydrogen-bond acceptors (Lipinski definition) is 4. The average Bonchev–Trinajstić information content (AvgIpc) is 3.34. The van der Waals surface area contributed by atoms with Crippen molar-refractivity contribution >= 4 is 0 Å². The molecule has 182 valence electrons. The highest BCUT2D eigenvalue weighted by Gasteiger charge is 2.51. The molecule has 0 saturated heterocycles. The molecule has 0 unspecified atom stereocenters. The van der Waals surface area contributed by atoms with Crippen LogP contribution in [-0.4, -0.2) is 17.3 Å². The first kappa shape index (κ1) is 28.2. The topological polar surface area (TPSA) is 48.2 Å². The van der Waals surface area contributed by atoms with Gasteiger partial charge in [-0.25, -0.2) is 0 Å². The fourth-order valence-corrected chi connectivity index (χ4v) is 5.04. The van der Waals surface area contributed by atoms with E-state index >= 15 is 0 Å². The third kappa shape index (κ3) is 6.36. The van der Waals surface area contributed by atoms with Gasteiger partial charge in [-0.05, 0) is 81.0 Å². The smallest absolute Gasteiger partial charge is 0.248 e. The molecule has 4 nitrogen and oxygen atoms in total. The van der Waals surface area contributed by atoms with Crippen LogP contribution in [0.5, 0.6) is 5.75 Å². The summed E-state index contributed by atoms with van der Waals surface area (Å²) in [6, 6.07) is 5.97. The van der Waals surface area contributed by atoms with Crippen molar-refractivity contribution in [1.29, 1.82) is 0 Å². The molecule has 3 fully saturated rings. The van der Waals surface area contributed by atoms with Crippen LogP contribution in [-0.2, 0) is 5.41 Å². The van der Waals surface area contributed by atoms with Gasteiger partial charge in [-0.2, -0.15) is 0 Å². The Morgan fingerprint density at radius 1 is 0.906 bits per heavy atom. The number of hydrogen-bond donors (Lipinski definition) is 0. The number of fused-ring (bicyclic) bond motifs is 3. The molecular formula is C28H48N2O2. The zero-order valence-corrected chi connectivity index (χ0v) is 22.3. The van der Waals surface area contributed by atoms with Gasteiger partial charge in [0, 0.05) is 11.0 Å². The van der Waals surface area contributed by atoms with Crippen LogP contribution >= 0.6 is 0 Å². The Labute approximate surface area is 197 Å². The quantitative estimate of drug-likeness (QED) is 0.462. The van der Waals surface area contributed by atoms with Crippen LogP contribution < -0.4 is 4.74 Å². The second-order valence-electron chi connectivity index (χ2n) is 8.83. The van der Waals surface area contributed by atoms with Gasteiger partial charge in [0.2, 0.25) is 11.8 Å². The maximum Gasteiger partial charge on any atom is 0.248 e. The maximum atomic E-state index is 6.21. The summed E-state index contributed by atoms with van der Waals surface area (Å²) in [5.74, 6) is 2.36. The van der Waals surface area contributed by atoms with Crippen LogP contribution in [0.15, 0.2) is 22.6 Å². The Balaban J connectivity index is 0.000000662. The Bertz CT molecular complexity index is 757. The first-order valence-corrected chi connectivity index (χ1v) is 13.0. The molecule has 3 saturated carbocycles. The first-order chi connectivity index (χ1) is 15.5. The van der Waals surface area contributed by atoms with E-state index in [4.69, 9.17) is 9.15 Å². The highest BCUT2D eigenvalue weighted by molar-refractivity contribution is 5.59. The summed E-state index contributed by atoms with van der Waals surface area (Å²) in [6.45, 7) is 16.6. The summed E-state index contributed by atoms with van der Waals surface area (Å²) in [6.07, 6.45) is 11.5. The minimum Gasteiger partial charge on any atom is -0.497 e. The van der Waals surface area contributed by atoms with Gasteiger partial charge in [0.05, 0.1) is 7.11 Å². The highest BCUT2D eigenvalue weighted by atomic mass is 16.5. The zero-order chi connectivity index (χ0) is 24.2. The Kier molecular flexibility index (Phi) is 12.0. The van der Waals surface area contributed by atoms with Crippen molar-refractivity contribution in [3.05, 3.63) is 29.7 Å². The van der Waals surface area contributed by atoms with Crippen LogP contribution in [0.1, 0.15) is 118 Å². The van der Waals surface area contributed by atoms with Crippen LogP contribution in [0.4, 0.5) is 0 Å². The van der Waals surface area contributed by atoms with E-state index in [1.54, 1.807) is 7.11 Å². The van der Waals surface area contributed by atoms with E-state index in [0.29, 0.717) is 11.3 Å². The molecule has 0 radical (unpaired) electrons. The third-order valence-electron chi connectivity index (χ3n) is 6.72. The first-order valence-electron chi connectivity index (χ1n) is 13.0. The number of aromatic nitrogens is 2. The number of aryl methyl sites for hydroxylation is 1. The van der Waals surface area contributed by atoms with Crippen LogP contribution in [0.3, 0.4) is 0 Å². The molecule has 0 spiro atoms. The van der Waals surface area contributed by atoms with Crippen LogP contribution in [0.25, 0.3) is 11.5 Å². The van der Waals surface area contributed by atoms with Crippen molar-refractivity contribution in [2.24, 2.45) is 5.41 Å². The molecule has 32 heavy (non-hydrogen) atoms. The van der Waals surface area contributed by atoms with Crippen molar-refractivity contribution in [1.82, 2.24) is 10.2 Å². The molecule has 0 N–H and O–H groups in total. The number of nitrogens with zero attached hydrogens (tertiary/aromatic N) is 2. The summed E-state index contributed by atoms with van der Waals surface area (Å²) in [5, 5.41) is 8.87. The van der Waals surface area contributed by atoms with Gasteiger partial charge in [-0.3, -0.25) is 0 Å². The van der Waals surface area contributed by atoms with Gasteiger partial charge in [0.1, 0.15) is 5.75 Å². The highest BCUT2D eigenvalue weighted by Crippen LogP contribution is 2.59. The van der Waals surface area contributed by atoms with Gasteiger partial charge in [0.25, 0.3) is 0 Å². The molecule has 0 aliphatic heterocycles. The van der Waals surface area contributed by atoms with E-state index in [1.807, 2.05) is 45.9 Å². The van der Waals surface area contributed by atoms with E-state index < -0.39 is 0 Å². The summed E-state index contributed by atoms with van der Waals surface area (Å²) < 4.78 is 11.5. The number of methoxy groups -OCH3 is 1. The van der Waals surface area contributed by atoms with E-state index in [0.717, 1.165) is 22.8 Å². The monoisotopic (exact) mass is 444 g/mol. The minimum atomic E-state index is 0.126. The van der Waals surface area contributed by atoms with Crippen LogP contribution in [0, 0.1) is 12.3 Å². The second kappa shape index (κ2) is 13.6. The molecule has 2 aromatic rings. The molecular weight excluding hydrogens is 396 g/mol. The van der Waals surface area contributed by atoms with E-state index in [1.165, 1.54) is 57.8 Å². The van der Waals surface area contributed by atoms with Gasteiger partial charge < -0.3 is 9.15 Å². The van der Waals surface area contributed by atoms with Crippen molar-refractivity contribution in [3.63, 3.8) is 0 Å². The third-order valence-corrected chi connectivity index (χ3v) is 6.72. The molecule has 1 heterocycles. The Morgan fingerprint density at radius 2 is 1.47 bits per heavy atom. The summed E-state index contributed by atoms with van der Waals surface area (Å²) in [7, 11) is 1.68. The largest absolute Gasteiger partial charge is 0.497 e. The van der Waals surface area contributed by atoms with Gasteiger partial charge in [-0.1, -0.05) is 61.3 Å². The van der Waals surface area contributed by atoms with Crippen molar-refractivity contribution in [3.8, 4) is 17.2 Å². The van der Waals surface area contributed by atoms with Crippen molar-refractivity contribution < 1.29 is 9.15 Å². The fourth-order valence-electron chi connectivity index (χ4n) is 5.04. The Hall–Kier alpha value is -1.84. The summed E-state index contributed by atoms with van der Waals surface area (Å²) >= 11 is 0. The number of ether oxygens (including phenoxy) is 1. The normalized spacial score (nSPS) is 23.0. The maximum absolute atomic E-state index is 6.21. The Morgan fingerprint density at radius 3 is 1.94 bits per heavy atom. The molecule has 0 amide bonds. The lowest BCUT2D eigenvalue weighted by Crippen LogP contribution is -2.44. The zero-order valence-electron chi connectivity index (χ0n) is 22.3. The van der Waals surface area contributed by atoms with Gasteiger partial charge in [0.15, 0.2) is 0 Å². The minimum absolute atomic E-state index is 0.126. The molecule has 4 heteroatoms. The SMILES string of the molecule is CC.CC.CCC.CCCC12CCC(c3nnc(-c4ccc(OC)cc4C)o3)(CC1)CC2. The lowest BCUT2D eigenvalue weighted by Gasteiger charge is -2.52. The standard InChI is InChI=1S/C21H28N2O2.C3H8.2C2H6/c1-4-7-20-8-11-21(12-9-20,13-10-20)19-23-22-18(25-19)17-6-5-16(24-3)14-15(17)2;1-3-2;2*1-2/h5-6,14H,4,7-13H2,1-3H3;3H2,1-2H3;2*1-2H3. The predicted octanol–water partition coefficient (Wildman–Crippen LogP) is 8.91. The van der Waals surface area contributed by atoms with Gasteiger partial charge >= 0.3 is 0 Å². The molecule has 3 aliphatic carbocycles. The number of benzene rings is 1. The number of rotatable bonds is 5. The van der Waals surface area contributed by atoms with Gasteiger partial charge in [-0.15, -0.1) is 10.2 Å². The molecule has 2 bridgehead atoms. The van der Waals surface area contributed by atoms with Crippen molar-refractivity contribution in [2.45, 2.75) is 119 Å². The van der Waals surface area contributed by atoms with E-state index in [9.17, 15) is 0 Å². The molecule has 3 aliphatic rings. The molecule has 1 aromatic heterocycles. The average molecular weight is 445 g/mol. The van der Waals surface area contributed by atoms with E-state index in [-0.39, 0.29) is 5.41 Å². The van der Waals surface area contributed by atoms with Crippen molar-refractivity contribution in [2.75, 3.05) is 7.11 Å². The fraction of sp³-hybridized carbons (Fsp3) is 0.714. The molecule has 0 atom stereocenters. The van der Waals surface area contributed by atoms with E-state index in [2.05, 4.69) is 37.9 Å². The summed E-state index contributed by atoms with van der Waals surface area (Å²) in [4.78, 5) is 0. The van der Waals surface area contributed by atoms with Crippen LogP contribution in [0.2, 0.25) is 0 Å². The molecule has 5 rings (SSSR count). The summed E-state index contributed by atoms with van der Waals surface area (Å²) in [5.41, 5.74) is 2.83. The second-order valence-corrected chi connectivity index (χ2v) is 8.83.